The SMILES string of the molecule is Cc1ccc(N2c3ccc(C)cc3-c3cccc4c(C=C5C(=O)c6cc7ccccc7cc6C5=O)ccc2c34)cc1.Cc1ccc(N2c3ccc(C)cc3-c3cccc4c(C=C5C(=O)c6ccccc6C5=O)ccc2c34)cc1.Cc1ccc(N2c3ccc(C)cc3-c3cccc4c(C=C5C(=O)c6ccccc6C5=O)ccc2c34)cc1.O=C1C(=Cc2ccc3c4c(cccc24)-c2ccccc2N3c2ccccc2)C(=O)c2ccccc21. The largest absolute Gasteiger partial charge is 0.309 e. The van der Waals surface area contributed by atoms with Gasteiger partial charge in [0.1, 0.15) is 0 Å². The molecular formula is C138H90N4O8. The summed E-state index contributed by atoms with van der Waals surface area (Å²) in [6.07, 6.45) is 7.10. The van der Waals surface area contributed by atoms with E-state index in [0.717, 1.165) is 172 Å². The van der Waals surface area contributed by atoms with Gasteiger partial charge >= 0.3 is 0 Å². The molecule has 0 aromatic heterocycles. The van der Waals surface area contributed by atoms with E-state index >= 15 is 0 Å². The molecular weight excluding hydrogens is 1840 g/mol. The molecule has 21 aromatic rings. The minimum atomic E-state index is -0.210. The van der Waals surface area contributed by atoms with Crippen LogP contribution < -0.4 is 19.6 Å². The van der Waals surface area contributed by atoms with E-state index in [9.17, 15) is 38.4 Å². The van der Waals surface area contributed by atoms with Crippen molar-refractivity contribution in [3.63, 3.8) is 0 Å². The summed E-state index contributed by atoms with van der Waals surface area (Å²) in [5.41, 5.74) is 37.9. The van der Waals surface area contributed by atoms with Crippen molar-refractivity contribution in [2.24, 2.45) is 0 Å². The number of nitrogens with zero attached hydrogens (tertiary/aromatic N) is 4. The first-order valence-electron chi connectivity index (χ1n) is 50.4. The second-order valence-electron chi connectivity index (χ2n) is 39.6. The Morgan fingerprint density at radius 1 is 0.153 bits per heavy atom. The Kier molecular flexibility index (Phi) is 21.6. The number of rotatable bonds is 8. The van der Waals surface area contributed by atoms with Crippen molar-refractivity contribution in [3.05, 3.63) is 535 Å². The molecule has 0 amide bonds. The van der Waals surface area contributed by atoms with Gasteiger partial charge in [0, 0.05) is 111 Å². The molecule has 29 rings (SSSR count). The summed E-state index contributed by atoms with van der Waals surface area (Å²) >= 11 is 0. The smallest absolute Gasteiger partial charge is 0.197 e. The number of carbonyl (C=O) groups is 8. The summed E-state index contributed by atoms with van der Waals surface area (Å²) < 4.78 is 0. The van der Waals surface area contributed by atoms with Gasteiger partial charge in [-0.1, -0.05) is 318 Å². The van der Waals surface area contributed by atoms with Gasteiger partial charge < -0.3 is 19.6 Å². The summed E-state index contributed by atoms with van der Waals surface area (Å²) in [7, 11) is 0. The Balaban J connectivity index is 0.000000101. The standard InChI is InChI=1S/C38H25NO2.2C34H23NO2.C32H19NO2/c1-22-10-14-27(15-11-22)39-34-16-12-23(2)18-30(34)29-9-5-8-28-26(13-17-35(39)36(28)29)21-33-37(40)31-19-24-6-3-4-7-25(24)20-32(31)38(33)41;2*1-20-10-14-23(15-11-20)35-30-16-12-21(2)18-28(30)25-9-5-8-24-22(13-17-31(35)32(24)25)19-29-33(36)26-6-3-4-7-27(26)34(29)37;34-31-25-12-4-5-13-26(25)32(35)27(31)19-20-17-18-29-30-22(20)14-8-15-24(30)23-11-6-7-16-28(23)33(29)21-9-2-1-3-10-21/h3-21H,1-2H3;2*3-19H,1-2H3;1-19H. The second-order valence-corrected chi connectivity index (χ2v) is 39.6. The topological polar surface area (TPSA) is 150 Å². The van der Waals surface area contributed by atoms with Gasteiger partial charge in [-0.2, -0.15) is 0 Å². The number of fused-ring (bicyclic) bond motifs is 13. The fourth-order valence-corrected chi connectivity index (χ4v) is 23.1. The number of para-hydroxylation sites is 2. The van der Waals surface area contributed by atoms with Crippen LogP contribution in [0.2, 0.25) is 0 Å². The Morgan fingerprint density at radius 3 is 0.653 bits per heavy atom. The number of aryl methyl sites for hydroxylation is 6. The van der Waals surface area contributed by atoms with Gasteiger partial charge in [0.25, 0.3) is 0 Å². The Labute approximate surface area is 865 Å². The van der Waals surface area contributed by atoms with Crippen LogP contribution >= 0.6 is 0 Å². The van der Waals surface area contributed by atoms with Crippen molar-refractivity contribution < 1.29 is 38.4 Å². The summed E-state index contributed by atoms with van der Waals surface area (Å²) in [5.74, 6) is -1.65. The van der Waals surface area contributed by atoms with Gasteiger partial charge in [0.2, 0.25) is 0 Å². The minimum absolute atomic E-state index is 0.205. The maximum absolute atomic E-state index is 13.6. The molecule has 0 saturated carbocycles. The van der Waals surface area contributed by atoms with Gasteiger partial charge in [0.15, 0.2) is 46.3 Å². The first kappa shape index (κ1) is 90.5. The number of benzene rings is 21. The van der Waals surface area contributed by atoms with Crippen molar-refractivity contribution in [2.45, 2.75) is 41.5 Å². The van der Waals surface area contributed by atoms with Gasteiger partial charge in [-0.3, -0.25) is 38.4 Å². The molecule has 4 heterocycles. The molecule has 0 saturated heterocycles. The van der Waals surface area contributed by atoms with Gasteiger partial charge in [-0.15, -0.1) is 0 Å². The molecule has 12 nitrogen and oxygen atoms in total. The van der Waals surface area contributed by atoms with E-state index < -0.39 is 0 Å². The van der Waals surface area contributed by atoms with Crippen molar-refractivity contribution in [3.8, 4) is 44.5 Å². The van der Waals surface area contributed by atoms with Crippen LogP contribution in [-0.2, 0) is 0 Å². The number of allylic oxidation sites excluding steroid dienone is 4. The monoisotopic (exact) mass is 1930 g/mol. The highest BCUT2D eigenvalue weighted by atomic mass is 16.2. The quantitative estimate of drug-likeness (QED) is 0.105. The molecule has 0 radical (unpaired) electrons. The first-order chi connectivity index (χ1) is 73.2. The normalized spacial score (nSPS) is 13.7. The minimum Gasteiger partial charge on any atom is -0.309 e. The number of hydrogen-bond donors (Lipinski definition) is 0. The molecule has 4 aliphatic heterocycles. The lowest BCUT2D eigenvalue weighted by atomic mass is 9.88. The molecule has 4 aliphatic carbocycles. The highest BCUT2D eigenvalue weighted by Crippen LogP contribution is 2.58. The van der Waals surface area contributed by atoms with Gasteiger partial charge in [-0.25, -0.2) is 0 Å². The van der Waals surface area contributed by atoms with Gasteiger partial charge in [-0.05, 0) is 270 Å². The predicted molar refractivity (Wildman–Crippen MR) is 609 cm³/mol. The van der Waals surface area contributed by atoms with Crippen molar-refractivity contribution in [1.82, 2.24) is 0 Å². The fraction of sp³-hybridized carbons (Fsp3) is 0.0435. The molecule has 0 N–H and O–H groups in total. The van der Waals surface area contributed by atoms with Gasteiger partial charge in [0.05, 0.1) is 67.8 Å². The third-order valence-corrected chi connectivity index (χ3v) is 30.3. The van der Waals surface area contributed by atoms with E-state index in [0.29, 0.717) is 44.5 Å². The Hall–Kier alpha value is -19.6. The van der Waals surface area contributed by atoms with E-state index in [1.807, 2.05) is 84.9 Å². The Morgan fingerprint density at radius 2 is 0.367 bits per heavy atom. The van der Waals surface area contributed by atoms with Crippen molar-refractivity contribution in [1.29, 1.82) is 0 Å². The highest BCUT2D eigenvalue weighted by Gasteiger charge is 2.40. The zero-order chi connectivity index (χ0) is 102. The van der Waals surface area contributed by atoms with Crippen LogP contribution in [0.25, 0.3) is 123 Å². The molecule has 0 fully saturated rings. The third kappa shape index (κ3) is 14.7. The van der Waals surface area contributed by atoms with E-state index in [4.69, 9.17) is 0 Å². The number of carbonyl (C=O) groups excluding carboxylic acids is 8. The third-order valence-electron chi connectivity index (χ3n) is 30.3. The molecule has 710 valence electrons. The molecule has 0 spiro atoms. The highest BCUT2D eigenvalue weighted by molar-refractivity contribution is 6.45. The zero-order valence-corrected chi connectivity index (χ0v) is 82.6. The molecule has 0 atom stereocenters. The maximum atomic E-state index is 13.6. The number of anilines is 12. The van der Waals surface area contributed by atoms with Crippen LogP contribution in [0.3, 0.4) is 0 Å². The van der Waals surface area contributed by atoms with Crippen LogP contribution in [0.4, 0.5) is 68.2 Å². The van der Waals surface area contributed by atoms with Crippen molar-refractivity contribution >= 4 is 193 Å². The number of ketones is 8. The van der Waals surface area contributed by atoms with E-state index in [2.05, 4.69) is 316 Å². The van der Waals surface area contributed by atoms with Crippen molar-refractivity contribution in [2.75, 3.05) is 19.6 Å². The summed E-state index contributed by atoms with van der Waals surface area (Å²) in [6, 6.07) is 139. The maximum Gasteiger partial charge on any atom is 0.197 e. The fourth-order valence-electron chi connectivity index (χ4n) is 23.1. The average Bonchev–Trinajstić information content (AvgIpc) is 1.04. The second kappa shape index (κ2) is 35.7. The summed E-state index contributed by atoms with van der Waals surface area (Å²) in [5, 5.41) is 10.4. The van der Waals surface area contributed by atoms with E-state index in [-0.39, 0.29) is 68.6 Å². The zero-order valence-electron chi connectivity index (χ0n) is 82.6. The van der Waals surface area contributed by atoms with Crippen LogP contribution in [0.5, 0.6) is 0 Å². The lowest BCUT2D eigenvalue weighted by molar-refractivity contribution is 0.0975. The lowest BCUT2D eigenvalue weighted by Gasteiger charge is -2.34. The molecule has 0 bridgehead atoms. The van der Waals surface area contributed by atoms with Crippen LogP contribution in [0.1, 0.15) is 138 Å². The molecule has 12 heteroatoms. The molecule has 0 unspecified atom stereocenters. The molecule has 8 aliphatic rings. The predicted octanol–water partition coefficient (Wildman–Crippen LogP) is 34.0. The van der Waals surface area contributed by atoms with E-state index in [1.54, 1.807) is 97.1 Å². The van der Waals surface area contributed by atoms with Crippen LogP contribution in [0.15, 0.2) is 435 Å². The molecule has 150 heavy (non-hydrogen) atoms. The Bertz CT molecular complexity index is 9320. The van der Waals surface area contributed by atoms with Crippen LogP contribution in [-0.4, -0.2) is 46.3 Å². The first-order valence-corrected chi connectivity index (χ1v) is 50.4. The molecule has 21 aromatic carbocycles. The number of hydrogen-bond acceptors (Lipinski definition) is 12. The summed E-state index contributed by atoms with van der Waals surface area (Å²) in [4.78, 5) is 115. The lowest BCUT2D eigenvalue weighted by Crippen LogP contribution is -2.15. The number of Topliss-reactive ketones (excluding diaryl/α,β-unsaturated/α-hetero) is 8. The summed E-state index contributed by atoms with van der Waals surface area (Å²) in [6.45, 7) is 12.6. The van der Waals surface area contributed by atoms with E-state index in [1.165, 1.54) is 50.1 Å². The average molecular weight is 1930 g/mol. The van der Waals surface area contributed by atoms with Crippen LogP contribution in [0, 0.1) is 41.5 Å².